The van der Waals surface area contributed by atoms with E-state index in [0.717, 1.165) is 0 Å². The van der Waals surface area contributed by atoms with E-state index in [1.807, 2.05) is 0 Å². The van der Waals surface area contributed by atoms with Gasteiger partial charge in [0.05, 0.1) is 12.5 Å². The molecule has 0 fully saturated rings. The van der Waals surface area contributed by atoms with Crippen LogP contribution in [0.4, 0.5) is 0 Å². The van der Waals surface area contributed by atoms with Gasteiger partial charge in [0, 0.05) is 13.1 Å². The lowest BCUT2D eigenvalue weighted by Crippen LogP contribution is -2.57. The first-order valence-electron chi connectivity index (χ1n) is 12.8. The molecule has 0 aliphatic rings. The second kappa shape index (κ2) is 19.8. The molecule has 0 bridgehead atoms. The number of carbonyl (C=O) groups excluding carboxylic acids is 4. The Morgan fingerprint density at radius 3 is 1.62 bits per heavy atom. The van der Waals surface area contributed by atoms with Crippen LogP contribution in [0.3, 0.4) is 0 Å². The highest BCUT2D eigenvalue weighted by Crippen LogP contribution is 2.06. The molecule has 4 atom stereocenters. The van der Waals surface area contributed by atoms with Gasteiger partial charge in [-0.25, -0.2) is 4.79 Å². The van der Waals surface area contributed by atoms with Crippen molar-refractivity contribution < 1.29 is 29.1 Å². The summed E-state index contributed by atoms with van der Waals surface area (Å²) >= 11 is 0. The normalized spacial score (nSPS) is 13.6. The number of carboxylic acid groups (broad SMARTS) is 1. The van der Waals surface area contributed by atoms with Crippen LogP contribution in [0, 0.1) is 0 Å². The maximum absolute atomic E-state index is 13.1. The number of carboxylic acids is 1. The number of unbranched alkanes of at least 4 members (excludes halogenated alkanes) is 1. The molecule has 18 nitrogen and oxygen atoms in total. The maximum atomic E-state index is 13.1. The Morgan fingerprint density at radius 2 is 1.12 bits per heavy atom. The summed E-state index contributed by atoms with van der Waals surface area (Å²) in [4.78, 5) is 69.5. The van der Waals surface area contributed by atoms with Gasteiger partial charge < -0.3 is 61.2 Å². The van der Waals surface area contributed by atoms with Gasteiger partial charge in [-0.15, -0.1) is 0 Å². The number of aliphatic imine (C=N–C) groups is 2. The number of hydrogen-bond donors (Lipinski definition) is 11. The first kappa shape index (κ1) is 35.8. The molecule has 0 heterocycles. The summed E-state index contributed by atoms with van der Waals surface area (Å²) in [6.07, 6.45) is 1.33. The highest BCUT2D eigenvalue weighted by Gasteiger charge is 2.31. The molecular formula is C22H44N12O6. The van der Waals surface area contributed by atoms with Crippen LogP contribution in [0.2, 0.25) is 0 Å². The molecule has 18 heteroatoms. The van der Waals surface area contributed by atoms with Crippen molar-refractivity contribution in [1.82, 2.24) is 16.0 Å². The smallest absolute Gasteiger partial charge is 0.326 e. The number of guanidine groups is 2. The van der Waals surface area contributed by atoms with Gasteiger partial charge in [0.1, 0.15) is 18.1 Å². The molecule has 0 spiro atoms. The predicted molar refractivity (Wildman–Crippen MR) is 148 cm³/mol. The first-order valence-corrected chi connectivity index (χ1v) is 12.8. The van der Waals surface area contributed by atoms with E-state index in [2.05, 4.69) is 25.9 Å². The van der Waals surface area contributed by atoms with Gasteiger partial charge in [-0.05, 0) is 51.5 Å². The van der Waals surface area contributed by atoms with Crippen LogP contribution in [0.15, 0.2) is 9.98 Å². The third kappa shape index (κ3) is 16.6. The van der Waals surface area contributed by atoms with Crippen molar-refractivity contribution in [2.45, 2.75) is 75.5 Å². The third-order valence-electron chi connectivity index (χ3n) is 5.48. The fraction of sp³-hybridized carbons (Fsp3) is 0.682. The summed E-state index contributed by atoms with van der Waals surface area (Å²) in [5.74, 6) is -4.91. The Labute approximate surface area is 232 Å². The SMILES string of the molecule is NCCCCC(NC(=O)C(CC(N)=O)NC(=O)C(CCCN=C(N)N)NC(=O)C(N)CCCN=C(N)N)C(=O)O. The highest BCUT2D eigenvalue weighted by molar-refractivity contribution is 5.96. The zero-order valence-corrected chi connectivity index (χ0v) is 22.5. The average Bonchev–Trinajstić information content (AvgIpc) is 2.86. The molecule has 0 aromatic carbocycles. The van der Waals surface area contributed by atoms with Gasteiger partial charge in [-0.3, -0.25) is 29.2 Å². The molecule has 0 aromatic heterocycles. The second-order valence-electron chi connectivity index (χ2n) is 8.98. The lowest BCUT2D eigenvalue weighted by Gasteiger charge is -2.24. The molecule has 0 aliphatic heterocycles. The second-order valence-corrected chi connectivity index (χ2v) is 8.98. The molecule has 228 valence electrons. The number of amides is 4. The molecule has 4 amide bonds. The van der Waals surface area contributed by atoms with Crippen molar-refractivity contribution in [2.75, 3.05) is 19.6 Å². The Hall–Kier alpha value is -4.19. The number of aliphatic carboxylic acids is 1. The molecule has 0 saturated carbocycles. The topological polar surface area (TPSA) is 349 Å². The van der Waals surface area contributed by atoms with E-state index >= 15 is 0 Å². The number of nitrogens with zero attached hydrogens (tertiary/aromatic N) is 2. The van der Waals surface area contributed by atoms with Gasteiger partial charge in [-0.1, -0.05) is 0 Å². The van der Waals surface area contributed by atoms with Crippen LogP contribution in [0.25, 0.3) is 0 Å². The van der Waals surface area contributed by atoms with E-state index in [0.29, 0.717) is 25.8 Å². The van der Waals surface area contributed by atoms with Crippen molar-refractivity contribution in [1.29, 1.82) is 0 Å². The zero-order valence-electron chi connectivity index (χ0n) is 22.5. The van der Waals surface area contributed by atoms with E-state index in [-0.39, 0.29) is 50.7 Å². The van der Waals surface area contributed by atoms with Crippen molar-refractivity contribution in [3.63, 3.8) is 0 Å². The Bertz CT molecular complexity index is 905. The van der Waals surface area contributed by atoms with Gasteiger partial charge >= 0.3 is 5.97 Å². The number of hydrogen-bond acceptors (Lipinski definition) is 9. The minimum Gasteiger partial charge on any atom is -0.480 e. The van der Waals surface area contributed by atoms with Crippen LogP contribution in [0.1, 0.15) is 51.4 Å². The van der Waals surface area contributed by atoms with E-state index in [1.54, 1.807) is 0 Å². The van der Waals surface area contributed by atoms with Crippen LogP contribution < -0.4 is 56.1 Å². The van der Waals surface area contributed by atoms with Crippen LogP contribution >= 0.6 is 0 Å². The van der Waals surface area contributed by atoms with Crippen molar-refractivity contribution in [2.24, 2.45) is 50.1 Å². The lowest BCUT2D eigenvalue weighted by atomic mass is 10.1. The fourth-order valence-corrected chi connectivity index (χ4v) is 3.41. The Kier molecular flexibility index (Phi) is 17.7. The number of nitrogens with one attached hydrogen (secondary N) is 3. The molecule has 0 radical (unpaired) electrons. The largest absolute Gasteiger partial charge is 0.480 e. The van der Waals surface area contributed by atoms with Crippen LogP contribution in [0.5, 0.6) is 0 Å². The summed E-state index contributed by atoms with van der Waals surface area (Å²) < 4.78 is 0. The third-order valence-corrected chi connectivity index (χ3v) is 5.48. The van der Waals surface area contributed by atoms with Crippen molar-refractivity contribution >= 4 is 41.5 Å². The lowest BCUT2D eigenvalue weighted by molar-refractivity contribution is -0.142. The predicted octanol–water partition coefficient (Wildman–Crippen LogP) is -5.04. The highest BCUT2D eigenvalue weighted by atomic mass is 16.4. The van der Waals surface area contributed by atoms with E-state index in [4.69, 9.17) is 40.1 Å². The molecular weight excluding hydrogens is 528 g/mol. The summed E-state index contributed by atoms with van der Waals surface area (Å²) in [5.41, 5.74) is 37.7. The van der Waals surface area contributed by atoms with E-state index in [1.165, 1.54) is 0 Å². The molecule has 0 aliphatic carbocycles. The maximum Gasteiger partial charge on any atom is 0.326 e. The van der Waals surface area contributed by atoms with Crippen molar-refractivity contribution in [3.05, 3.63) is 0 Å². The van der Waals surface area contributed by atoms with Gasteiger partial charge in [0.2, 0.25) is 23.6 Å². The number of carbonyl (C=O) groups is 5. The summed E-state index contributed by atoms with van der Waals surface area (Å²) in [6, 6.07) is -4.99. The Balaban J connectivity index is 5.57. The minimum atomic E-state index is -1.51. The van der Waals surface area contributed by atoms with Crippen LogP contribution in [-0.2, 0) is 24.0 Å². The van der Waals surface area contributed by atoms with Crippen LogP contribution in [-0.4, -0.2) is 90.4 Å². The number of nitrogens with two attached hydrogens (primary N) is 7. The molecule has 40 heavy (non-hydrogen) atoms. The average molecular weight is 573 g/mol. The van der Waals surface area contributed by atoms with Gasteiger partial charge in [0.25, 0.3) is 0 Å². The summed E-state index contributed by atoms with van der Waals surface area (Å²) in [7, 11) is 0. The Morgan fingerprint density at radius 1 is 0.650 bits per heavy atom. The van der Waals surface area contributed by atoms with E-state index in [9.17, 15) is 29.1 Å². The van der Waals surface area contributed by atoms with E-state index < -0.39 is 60.2 Å². The molecule has 0 rings (SSSR count). The van der Waals surface area contributed by atoms with Crippen molar-refractivity contribution in [3.8, 4) is 0 Å². The first-order chi connectivity index (χ1) is 18.8. The molecule has 0 saturated heterocycles. The minimum absolute atomic E-state index is 0.0385. The standard InChI is InChI=1S/C22H44N12O6/c23-8-2-1-6-14(20(39)40)33-19(38)15(11-16(25)35)34-18(37)13(7-4-10-31-22(28)29)32-17(36)12(24)5-3-9-30-21(26)27/h12-15H,1-11,23-24H2,(H2,25,35)(H,32,36)(H,33,38)(H,34,37)(H,39,40)(H4,26,27,30)(H4,28,29,31). The molecule has 0 aromatic rings. The van der Waals surface area contributed by atoms with Gasteiger partial charge in [-0.2, -0.15) is 0 Å². The molecule has 18 N–H and O–H groups in total. The summed E-state index contributed by atoms with van der Waals surface area (Å²) in [5, 5.41) is 16.6. The summed E-state index contributed by atoms with van der Waals surface area (Å²) in [6.45, 7) is 0.733. The fourth-order valence-electron chi connectivity index (χ4n) is 3.41. The quantitative estimate of drug-likeness (QED) is 0.0349. The molecule has 4 unspecified atom stereocenters. The van der Waals surface area contributed by atoms with Gasteiger partial charge in [0.15, 0.2) is 11.9 Å². The monoisotopic (exact) mass is 572 g/mol. The zero-order chi connectivity index (χ0) is 30.7. The number of primary amides is 1. The number of rotatable bonds is 21.